The second kappa shape index (κ2) is 8.89. The maximum Gasteiger partial charge on any atom is 0.0610 e. The van der Waals surface area contributed by atoms with Crippen LogP contribution in [-0.4, -0.2) is 18.4 Å². The Morgan fingerprint density at radius 1 is 1.28 bits per heavy atom. The summed E-state index contributed by atoms with van der Waals surface area (Å²) in [6, 6.07) is 0. The molecule has 3 unspecified atom stereocenters. The Hall–Kier alpha value is 0.820. The van der Waals surface area contributed by atoms with E-state index in [1.54, 1.807) is 0 Å². The molecule has 108 valence electrons. The molecule has 1 aliphatic heterocycles. The van der Waals surface area contributed by atoms with Gasteiger partial charge in [-0.3, -0.25) is 0 Å². The molecule has 0 aromatic carbocycles. The van der Waals surface area contributed by atoms with Gasteiger partial charge < -0.3 is 4.74 Å². The smallest absolute Gasteiger partial charge is 0.0610 e. The minimum absolute atomic E-state index is 0.523. The lowest BCUT2D eigenvalue weighted by molar-refractivity contribution is 0.0129. The van der Waals surface area contributed by atoms with Crippen molar-refractivity contribution in [3.8, 4) is 0 Å². The van der Waals surface area contributed by atoms with E-state index < -0.39 is 0 Å². The Bertz CT molecular complexity index is 223. The molecule has 0 bridgehead atoms. The molecule has 1 nitrogen and oxygen atoms in total. The van der Waals surface area contributed by atoms with Crippen molar-refractivity contribution >= 4 is 17.2 Å². The first-order valence-electron chi connectivity index (χ1n) is 7.72. The van der Waals surface area contributed by atoms with Gasteiger partial charge in [0.1, 0.15) is 0 Å². The van der Waals surface area contributed by atoms with Gasteiger partial charge in [0.15, 0.2) is 0 Å². The number of rotatable bonds is 8. The van der Waals surface area contributed by atoms with Crippen LogP contribution in [0.5, 0.6) is 0 Å². The number of ether oxygens (including phenoxy) is 1. The molecule has 18 heavy (non-hydrogen) atoms. The molecule has 0 amide bonds. The predicted octanol–water partition coefficient (Wildman–Crippen LogP) is 5.10. The van der Waals surface area contributed by atoms with Crippen LogP contribution in [0.2, 0.25) is 0 Å². The van der Waals surface area contributed by atoms with Gasteiger partial charge in [-0.05, 0) is 43.2 Å². The van der Waals surface area contributed by atoms with Crippen LogP contribution in [0.4, 0.5) is 0 Å². The SMILES string of the molecule is CCC[C@@H]1O[C@H](C[C@H](C)CCPP)[C@H](C)C1CC. The third-order valence-electron chi connectivity index (χ3n) is 4.55. The van der Waals surface area contributed by atoms with Crippen LogP contribution >= 0.6 is 17.2 Å². The average Bonchev–Trinajstić information content (AvgIpc) is 2.63. The Morgan fingerprint density at radius 2 is 2.00 bits per heavy atom. The van der Waals surface area contributed by atoms with Crippen molar-refractivity contribution in [3.63, 3.8) is 0 Å². The van der Waals surface area contributed by atoms with E-state index in [0.717, 1.165) is 26.0 Å². The summed E-state index contributed by atoms with van der Waals surface area (Å²) in [5, 5.41) is 0. The minimum atomic E-state index is 0.523. The second-order valence-corrected chi connectivity index (χ2v) is 8.15. The third kappa shape index (κ3) is 4.73. The van der Waals surface area contributed by atoms with Crippen molar-refractivity contribution in [2.24, 2.45) is 17.8 Å². The quantitative estimate of drug-likeness (QED) is 0.565. The summed E-state index contributed by atoms with van der Waals surface area (Å²) in [6.45, 7) is 9.42. The highest BCUT2D eigenvalue weighted by atomic mass is 32.0. The van der Waals surface area contributed by atoms with E-state index >= 15 is 0 Å². The van der Waals surface area contributed by atoms with Crippen LogP contribution in [0, 0.1) is 17.8 Å². The van der Waals surface area contributed by atoms with Crippen molar-refractivity contribution < 1.29 is 4.74 Å². The summed E-state index contributed by atoms with van der Waals surface area (Å²) < 4.78 is 6.37. The molecule has 0 N–H and O–H groups in total. The molecule has 0 saturated carbocycles. The molecule has 0 aliphatic carbocycles. The normalized spacial score (nSPS) is 34.5. The Kier molecular flexibility index (Phi) is 8.33. The van der Waals surface area contributed by atoms with Crippen molar-refractivity contribution in [1.82, 2.24) is 0 Å². The monoisotopic (exact) mass is 290 g/mol. The summed E-state index contributed by atoms with van der Waals surface area (Å²) in [4.78, 5) is 0. The third-order valence-corrected chi connectivity index (χ3v) is 5.99. The molecule has 1 saturated heterocycles. The average molecular weight is 290 g/mol. The molecule has 0 radical (unpaired) electrons. The summed E-state index contributed by atoms with van der Waals surface area (Å²) in [6.07, 6.45) is 8.85. The van der Waals surface area contributed by atoms with Crippen LogP contribution in [0.3, 0.4) is 0 Å². The zero-order valence-electron chi connectivity index (χ0n) is 12.6. The van der Waals surface area contributed by atoms with Crippen LogP contribution in [-0.2, 0) is 4.74 Å². The molecule has 0 aromatic rings. The van der Waals surface area contributed by atoms with Gasteiger partial charge >= 0.3 is 0 Å². The fraction of sp³-hybridized carbons (Fsp3) is 1.00. The van der Waals surface area contributed by atoms with E-state index in [4.69, 9.17) is 4.74 Å². The van der Waals surface area contributed by atoms with Crippen molar-refractivity contribution in [1.29, 1.82) is 0 Å². The first kappa shape index (κ1) is 16.9. The Balaban J connectivity index is 2.46. The fourth-order valence-electron chi connectivity index (χ4n) is 3.38. The molecule has 1 rings (SSSR count). The fourth-order valence-corrected chi connectivity index (χ4v) is 4.54. The number of hydrogen-bond acceptors (Lipinski definition) is 1. The van der Waals surface area contributed by atoms with Gasteiger partial charge in [-0.25, -0.2) is 0 Å². The van der Waals surface area contributed by atoms with E-state index in [1.807, 2.05) is 0 Å². The lowest BCUT2D eigenvalue weighted by atomic mass is 9.82. The summed E-state index contributed by atoms with van der Waals surface area (Å²) in [5.41, 5.74) is 0. The van der Waals surface area contributed by atoms with E-state index in [-0.39, 0.29) is 0 Å². The van der Waals surface area contributed by atoms with E-state index in [0.29, 0.717) is 12.2 Å². The Morgan fingerprint density at radius 3 is 2.56 bits per heavy atom. The lowest BCUT2D eigenvalue weighted by Crippen LogP contribution is -2.20. The first-order chi connectivity index (χ1) is 8.63. The minimum Gasteiger partial charge on any atom is -0.374 e. The van der Waals surface area contributed by atoms with Crippen LogP contribution in [0.1, 0.15) is 59.8 Å². The van der Waals surface area contributed by atoms with Gasteiger partial charge in [0.2, 0.25) is 0 Å². The topological polar surface area (TPSA) is 9.23 Å². The van der Waals surface area contributed by atoms with Crippen molar-refractivity contribution in [2.75, 3.05) is 6.16 Å². The zero-order chi connectivity index (χ0) is 13.5. The van der Waals surface area contributed by atoms with Crippen molar-refractivity contribution in [3.05, 3.63) is 0 Å². The number of hydrogen-bond donors (Lipinski definition) is 0. The summed E-state index contributed by atoms with van der Waals surface area (Å²) in [5.74, 6) is 2.38. The molecule has 1 aliphatic rings. The molecule has 0 spiro atoms. The molecule has 0 aromatic heterocycles. The van der Waals surface area contributed by atoms with Gasteiger partial charge in [0.25, 0.3) is 0 Å². The van der Waals surface area contributed by atoms with E-state index in [2.05, 4.69) is 36.6 Å². The molecule has 3 heteroatoms. The van der Waals surface area contributed by atoms with Gasteiger partial charge in [-0.15, -0.1) is 17.2 Å². The van der Waals surface area contributed by atoms with Crippen LogP contribution in [0.15, 0.2) is 0 Å². The summed E-state index contributed by atoms with van der Waals surface area (Å²) in [7, 11) is 3.89. The lowest BCUT2D eigenvalue weighted by Gasteiger charge is -2.21. The van der Waals surface area contributed by atoms with Crippen molar-refractivity contribution in [2.45, 2.75) is 72.0 Å². The second-order valence-electron chi connectivity index (χ2n) is 6.02. The highest BCUT2D eigenvalue weighted by molar-refractivity contribution is 8.02. The standard InChI is InChI=1S/C15H32OP2/c1-5-7-14-13(6-2)12(4)15(16-14)10-11(3)8-9-18-17/h11-15,18H,5-10,17H2,1-4H3/t11-,12-,13?,14+,15-/m1/s1. The van der Waals surface area contributed by atoms with Crippen LogP contribution in [0.25, 0.3) is 0 Å². The molecular formula is C15H32OP2. The zero-order valence-corrected chi connectivity index (χ0v) is 14.8. The largest absolute Gasteiger partial charge is 0.374 e. The molecule has 7 atom stereocenters. The van der Waals surface area contributed by atoms with Gasteiger partial charge in [0, 0.05) is 0 Å². The molecule has 1 fully saturated rings. The van der Waals surface area contributed by atoms with Crippen LogP contribution < -0.4 is 0 Å². The molecular weight excluding hydrogens is 258 g/mol. The van der Waals surface area contributed by atoms with Gasteiger partial charge in [-0.1, -0.05) is 40.5 Å². The maximum absolute atomic E-state index is 6.37. The van der Waals surface area contributed by atoms with Gasteiger partial charge in [0.05, 0.1) is 12.2 Å². The van der Waals surface area contributed by atoms with E-state index in [1.165, 1.54) is 38.3 Å². The first-order valence-corrected chi connectivity index (χ1v) is 10.7. The predicted molar refractivity (Wildman–Crippen MR) is 87.8 cm³/mol. The van der Waals surface area contributed by atoms with Gasteiger partial charge in [-0.2, -0.15) is 0 Å². The highest BCUT2D eigenvalue weighted by Crippen LogP contribution is 2.39. The summed E-state index contributed by atoms with van der Waals surface area (Å²) >= 11 is 0. The maximum atomic E-state index is 6.37. The van der Waals surface area contributed by atoms with E-state index in [9.17, 15) is 0 Å². The Labute approximate surface area is 118 Å². The highest BCUT2D eigenvalue weighted by Gasteiger charge is 2.40. The molecule has 1 heterocycles.